The summed E-state index contributed by atoms with van der Waals surface area (Å²) in [7, 11) is 2.18. The first-order valence-electron chi connectivity index (χ1n) is 7.22. The summed E-state index contributed by atoms with van der Waals surface area (Å²) in [5.41, 5.74) is 4.57. The second-order valence-corrected chi connectivity index (χ2v) is 6.49. The summed E-state index contributed by atoms with van der Waals surface area (Å²) in [6.45, 7) is 4.43. The van der Waals surface area contributed by atoms with Gasteiger partial charge in [-0.25, -0.2) is 4.98 Å². The molecule has 0 aliphatic carbocycles. The second-order valence-electron chi connectivity index (χ2n) is 5.68. The van der Waals surface area contributed by atoms with E-state index in [0.717, 1.165) is 47.3 Å². The normalized spacial score (nSPS) is 17.0. The highest BCUT2D eigenvalue weighted by Crippen LogP contribution is 2.29. The van der Waals surface area contributed by atoms with Crippen molar-refractivity contribution in [1.82, 2.24) is 14.9 Å². The van der Waals surface area contributed by atoms with E-state index in [9.17, 15) is 0 Å². The van der Waals surface area contributed by atoms with Crippen LogP contribution < -0.4 is 4.90 Å². The van der Waals surface area contributed by atoms with Gasteiger partial charge in [0, 0.05) is 37.3 Å². The SMILES string of the molecule is CN1CCN(c2ccc3c(c2)[nH]c2ccc(Br)nc23)CC1. The maximum Gasteiger partial charge on any atom is 0.106 e. The van der Waals surface area contributed by atoms with Crippen LogP contribution in [0.15, 0.2) is 34.9 Å². The zero-order valence-electron chi connectivity index (χ0n) is 11.9. The number of anilines is 1. The molecule has 1 N–H and O–H groups in total. The molecular weight excluding hydrogens is 328 g/mol. The highest BCUT2D eigenvalue weighted by atomic mass is 79.9. The van der Waals surface area contributed by atoms with E-state index in [1.807, 2.05) is 6.07 Å². The summed E-state index contributed by atoms with van der Waals surface area (Å²) in [5, 5.41) is 1.18. The van der Waals surface area contributed by atoms with E-state index in [-0.39, 0.29) is 0 Å². The Bertz CT molecular complexity index is 802. The van der Waals surface area contributed by atoms with E-state index in [0.29, 0.717) is 0 Å². The van der Waals surface area contributed by atoms with Gasteiger partial charge in [0.05, 0.1) is 16.6 Å². The zero-order chi connectivity index (χ0) is 14.4. The van der Waals surface area contributed by atoms with Gasteiger partial charge < -0.3 is 14.8 Å². The molecule has 1 saturated heterocycles. The molecule has 1 fully saturated rings. The number of piperazine rings is 1. The van der Waals surface area contributed by atoms with Crippen LogP contribution in [0.3, 0.4) is 0 Å². The van der Waals surface area contributed by atoms with E-state index in [1.54, 1.807) is 0 Å². The van der Waals surface area contributed by atoms with Crippen LogP contribution in [0.1, 0.15) is 0 Å². The molecule has 5 heteroatoms. The molecule has 0 atom stereocenters. The lowest BCUT2D eigenvalue weighted by atomic mass is 10.2. The molecule has 4 nitrogen and oxygen atoms in total. The third-order valence-corrected chi connectivity index (χ3v) is 4.70. The fourth-order valence-electron chi connectivity index (χ4n) is 2.99. The third kappa shape index (κ3) is 2.30. The van der Waals surface area contributed by atoms with Crippen molar-refractivity contribution in [3.05, 3.63) is 34.9 Å². The first-order chi connectivity index (χ1) is 10.2. The number of hydrogen-bond donors (Lipinski definition) is 1. The molecule has 0 bridgehead atoms. The zero-order valence-corrected chi connectivity index (χ0v) is 13.5. The predicted octanol–water partition coefficient (Wildman–Crippen LogP) is 3.23. The van der Waals surface area contributed by atoms with Crippen LogP contribution in [-0.2, 0) is 0 Å². The number of hydrogen-bond acceptors (Lipinski definition) is 3. The maximum atomic E-state index is 4.58. The van der Waals surface area contributed by atoms with E-state index in [4.69, 9.17) is 0 Å². The lowest BCUT2D eigenvalue weighted by Crippen LogP contribution is -2.44. The third-order valence-electron chi connectivity index (χ3n) is 4.26. The molecule has 3 aromatic rings. The van der Waals surface area contributed by atoms with Gasteiger partial charge >= 0.3 is 0 Å². The van der Waals surface area contributed by atoms with Crippen LogP contribution in [-0.4, -0.2) is 48.1 Å². The van der Waals surface area contributed by atoms with Gasteiger partial charge in [-0.3, -0.25) is 0 Å². The molecule has 21 heavy (non-hydrogen) atoms. The van der Waals surface area contributed by atoms with Gasteiger partial charge in [0.2, 0.25) is 0 Å². The monoisotopic (exact) mass is 344 g/mol. The summed E-state index contributed by atoms with van der Waals surface area (Å²) in [6.07, 6.45) is 0. The molecule has 1 aromatic carbocycles. The summed E-state index contributed by atoms with van der Waals surface area (Å²) in [5.74, 6) is 0. The molecule has 0 spiro atoms. The molecular formula is C16H17BrN4. The van der Waals surface area contributed by atoms with E-state index in [1.165, 1.54) is 11.1 Å². The van der Waals surface area contributed by atoms with Gasteiger partial charge in [-0.1, -0.05) is 0 Å². The van der Waals surface area contributed by atoms with Crippen molar-refractivity contribution < 1.29 is 0 Å². The van der Waals surface area contributed by atoms with Gasteiger partial charge in [0.1, 0.15) is 4.60 Å². The minimum atomic E-state index is 0.874. The summed E-state index contributed by atoms with van der Waals surface area (Å²) in [4.78, 5) is 12.9. The number of rotatable bonds is 1. The first kappa shape index (κ1) is 13.1. The molecule has 0 unspecified atom stereocenters. The minimum Gasteiger partial charge on any atom is -0.369 e. The Balaban J connectivity index is 1.78. The van der Waals surface area contributed by atoms with E-state index in [2.05, 4.69) is 67.0 Å². The Morgan fingerprint density at radius 3 is 2.67 bits per heavy atom. The van der Waals surface area contributed by atoms with Crippen molar-refractivity contribution >= 4 is 43.6 Å². The number of aromatic nitrogens is 2. The fourth-order valence-corrected chi connectivity index (χ4v) is 3.30. The Morgan fingerprint density at radius 2 is 1.86 bits per heavy atom. The highest BCUT2D eigenvalue weighted by molar-refractivity contribution is 9.10. The van der Waals surface area contributed by atoms with Gasteiger partial charge in [-0.05, 0) is 53.3 Å². The molecule has 0 radical (unpaired) electrons. The molecule has 1 aliphatic heterocycles. The van der Waals surface area contributed by atoms with Crippen LogP contribution in [0.4, 0.5) is 5.69 Å². The number of benzene rings is 1. The topological polar surface area (TPSA) is 35.2 Å². The number of likely N-dealkylation sites (N-methyl/N-ethyl adjacent to an activating group) is 1. The quantitative estimate of drug-likeness (QED) is 0.688. The van der Waals surface area contributed by atoms with Crippen LogP contribution in [0.5, 0.6) is 0 Å². The van der Waals surface area contributed by atoms with Crippen LogP contribution in [0.2, 0.25) is 0 Å². The number of pyridine rings is 1. The number of fused-ring (bicyclic) bond motifs is 3. The molecule has 108 valence electrons. The van der Waals surface area contributed by atoms with Crippen LogP contribution >= 0.6 is 15.9 Å². The summed E-state index contributed by atoms with van der Waals surface area (Å²) < 4.78 is 0.874. The lowest BCUT2D eigenvalue weighted by Gasteiger charge is -2.34. The highest BCUT2D eigenvalue weighted by Gasteiger charge is 2.15. The maximum absolute atomic E-state index is 4.58. The number of nitrogens with zero attached hydrogens (tertiary/aromatic N) is 3. The van der Waals surface area contributed by atoms with Gasteiger partial charge in [-0.15, -0.1) is 0 Å². The standard InChI is InChI=1S/C16H17BrN4/c1-20-6-8-21(9-7-20)11-2-3-12-14(10-11)18-13-4-5-15(17)19-16(12)13/h2-5,10,18H,6-9H2,1H3. The number of halogens is 1. The Morgan fingerprint density at radius 1 is 1.05 bits per heavy atom. The van der Waals surface area contributed by atoms with Crippen molar-refractivity contribution in [3.8, 4) is 0 Å². The second kappa shape index (κ2) is 5.00. The molecule has 3 heterocycles. The first-order valence-corrected chi connectivity index (χ1v) is 8.01. The summed E-state index contributed by atoms with van der Waals surface area (Å²) in [6, 6.07) is 10.7. The number of H-pyrrole nitrogens is 1. The molecule has 0 amide bonds. The minimum absolute atomic E-state index is 0.874. The molecule has 0 saturated carbocycles. The predicted molar refractivity (Wildman–Crippen MR) is 91.0 cm³/mol. The van der Waals surface area contributed by atoms with Gasteiger partial charge in [0.25, 0.3) is 0 Å². The Hall–Kier alpha value is -1.59. The summed E-state index contributed by atoms with van der Waals surface area (Å²) >= 11 is 3.45. The Labute approximate surface area is 131 Å². The Kier molecular flexibility index (Phi) is 3.12. The molecule has 1 aliphatic rings. The van der Waals surface area contributed by atoms with Crippen molar-refractivity contribution in [2.75, 3.05) is 38.1 Å². The average Bonchev–Trinajstić information content (AvgIpc) is 2.85. The smallest absolute Gasteiger partial charge is 0.106 e. The fraction of sp³-hybridized carbons (Fsp3) is 0.312. The largest absolute Gasteiger partial charge is 0.369 e. The van der Waals surface area contributed by atoms with Crippen molar-refractivity contribution in [3.63, 3.8) is 0 Å². The molecule has 4 rings (SSSR count). The number of aromatic amines is 1. The van der Waals surface area contributed by atoms with Crippen molar-refractivity contribution in [2.45, 2.75) is 0 Å². The van der Waals surface area contributed by atoms with E-state index >= 15 is 0 Å². The molecule has 2 aromatic heterocycles. The van der Waals surface area contributed by atoms with Crippen LogP contribution in [0, 0.1) is 0 Å². The lowest BCUT2D eigenvalue weighted by molar-refractivity contribution is 0.313. The van der Waals surface area contributed by atoms with E-state index < -0.39 is 0 Å². The van der Waals surface area contributed by atoms with Crippen molar-refractivity contribution in [2.24, 2.45) is 0 Å². The van der Waals surface area contributed by atoms with Crippen LogP contribution in [0.25, 0.3) is 21.9 Å². The number of nitrogens with one attached hydrogen (secondary N) is 1. The average molecular weight is 345 g/mol. The van der Waals surface area contributed by atoms with Crippen molar-refractivity contribution in [1.29, 1.82) is 0 Å². The van der Waals surface area contributed by atoms with Gasteiger partial charge in [-0.2, -0.15) is 0 Å². The van der Waals surface area contributed by atoms with Gasteiger partial charge in [0.15, 0.2) is 0 Å².